The minimum absolute atomic E-state index is 0.107. The highest BCUT2D eigenvalue weighted by molar-refractivity contribution is 5.81. The minimum atomic E-state index is -2.60. The first-order valence-electron chi connectivity index (χ1n) is 6.67. The molecule has 0 aliphatic rings. The van der Waals surface area contributed by atoms with E-state index in [1.807, 2.05) is 6.92 Å². The van der Waals surface area contributed by atoms with Crippen LogP contribution in [0.2, 0.25) is 0 Å². The lowest BCUT2D eigenvalue weighted by Gasteiger charge is -2.16. The summed E-state index contributed by atoms with van der Waals surface area (Å²) in [7, 11) is 0. The van der Waals surface area contributed by atoms with E-state index in [-0.39, 0.29) is 17.6 Å². The molecule has 0 aliphatic carbocycles. The summed E-state index contributed by atoms with van der Waals surface area (Å²) in [5, 5.41) is 13.9. The van der Waals surface area contributed by atoms with Crippen LogP contribution in [-0.2, 0) is 13.1 Å². The average Bonchev–Trinajstić information content (AvgIpc) is 2.93. The zero-order valence-electron chi connectivity index (χ0n) is 11.9. The third-order valence-electron chi connectivity index (χ3n) is 3.05. The lowest BCUT2D eigenvalue weighted by atomic mass is 10.2. The van der Waals surface area contributed by atoms with Gasteiger partial charge in [0.1, 0.15) is 11.7 Å². The van der Waals surface area contributed by atoms with Crippen molar-refractivity contribution in [1.29, 1.82) is 0 Å². The molecule has 6 nitrogen and oxygen atoms in total. The topological polar surface area (TPSA) is 82.9 Å². The fraction of sp³-hybridized carbons (Fsp3) is 0.357. The average molecular weight is 309 g/mol. The number of nitrogens with zero attached hydrogens (tertiary/aromatic N) is 3. The summed E-state index contributed by atoms with van der Waals surface area (Å²) < 4.78 is 26.6. The fourth-order valence-electron chi connectivity index (χ4n) is 2.00. The molecule has 0 spiro atoms. The maximum atomic E-state index is 12.6. The number of rotatable bonds is 7. The van der Waals surface area contributed by atoms with Crippen LogP contribution in [0.25, 0.3) is 0 Å². The van der Waals surface area contributed by atoms with Crippen LogP contribution < -0.4 is 10.4 Å². The van der Waals surface area contributed by atoms with Crippen molar-refractivity contribution in [3.8, 4) is 0 Å². The summed E-state index contributed by atoms with van der Waals surface area (Å²) in [5.74, 6) is -1.49. The van der Waals surface area contributed by atoms with Gasteiger partial charge in [-0.1, -0.05) is 6.07 Å². The molecule has 0 amide bonds. The number of nitrogens with one attached hydrogen (secondary N) is 1. The molecule has 1 unspecified atom stereocenters. The molecule has 0 fully saturated rings. The Kier molecular flexibility index (Phi) is 5.16. The van der Waals surface area contributed by atoms with Crippen LogP contribution >= 0.6 is 0 Å². The molecule has 118 valence electrons. The Labute approximate surface area is 125 Å². The Hall–Kier alpha value is -2.35. The Morgan fingerprint density at radius 1 is 1.45 bits per heavy atom. The van der Waals surface area contributed by atoms with E-state index in [1.165, 1.54) is 22.9 Å². The van der Waals surface area contributed by atoms with Gasteiger partial charge in [0.15, 0.2) is 5.82 Å². The summed E-state index contributed by atoms with van der Waals surface area (Å²) in [6.07, 6.45) is 0.318. The second-order valence-electron chi connectivity index (χ2n) is 4.83. The Morgan fingerprint density at radius 3 is 2.91 bits per heavy atom. The molecule has 0 saturated carbocycles. The van der Waals surface area contributed by atoms with Crippen molar-refractivity contribution in [2.45, 2.75) is 32.5 Å². The molecular formula is C14H15F2N4O2-. The number of carboxylic acid groups (broad SMARTS) is 1. The van der Waals surface area contributed by atoms with Gasteiger partial charge in [-0.15, -0.1) is 0 Å². The van der Waals surface area contributed by atoms with Crippen molar-refractivity contribution in [3.05, 3.63) is 47.8 Å². The van der Waals surface area contributed by atoms with E-state index in [0.717, 1.165) is 0 Å². The van der Waals surface area contributed by atoms with Gasteiger partial charge in [0.25, 0.3) is 6.43 Å². The van der Waals surface area contributed by atoms with Gasteiger partial charge in [-0.25, -0.2) is 13.8 Å². The number of aromatic carboxylic acids is 1. The quantitative estimate of drug-likeness (QED) is 0.816. The highest BCUT2D eigenvalue weighted by Crippen LogP contribution is 2.15. The van der Waals surface area contributed by atoms with Crippen molar-refractivity contribution in [2.24, 2.45) is 0 Å². The molecule has 0 bridgehead atoms. The van der Waals surface area contributed by atoms with Crippen LogP contribution in [0.5, 0.6) is 0 Å². The highest BCUT2D eigenvalue weighted by Gasteiger charge is 2.11. The molecule has 2 aromatic heterocycles. The number of imidazole rings is 1. The number of aromatic nitrogens is 3. The fourth-order valence-corrected chi connectivity index (χ4v) is 2.00. The second-order valence-corrected chi connectivity index (χ2v) is 4.83. The maximum Gasteiger partial charge on any atom is 0.280 e. The molecule has 2 rings (SSSR count). The third kappa shape index (κ3) is 4.08. The monoisotopic (exact) mass is 309 g/mol. The molecule has 1 atom stereocenters. The van der Waals surface area contributed by atoms with Gasteiger partial charge in [-0.3, -0.25) is 4.98 Å². The van der Waals surface area contributed by atoms with E-state index in [4.69, 9.17) is 0 Å². The van der Waals surface area contributed by atoms with Crippen LogP contribution in [0.4, 0.5) is 8.78 Å². The predicted molar refractivity (Wildman–Crippen MR) is 72.1 cm³/mol. The zero-order chi connectivity index (χ0) is 16.1. The molecule has 2 heterocycles. The summed E-state index contributed by atoms with van der Waals surface area (Å²) in [6, 6.07) is 4.34. The number of carboxylic acids is 1. The van der Waals surface area contributed by atoms with Gasteiger partial charge in [-0.05, 0) is 19.1 Å². The van der Waals surface area contributed by atoms with Crippen molar-refractivity contribution in [2.75, 3.05) is 0 Å². The number of pyridine rings is 1. The molecule has 1 N–H and O–H groups in total. The highest BCUT2D eigenvalue weighted by atomic mass is 19.3. The third-order valence-corrected chi connectivity index (χ3v) is 3.05. The first-order chi connectivity index (χ1) is 10.5. The van der Waals surface area contributed by atoms with Gasteiger partial charge in [0, 0.05) is 31.5 Å². The molecular weight excluding hydrogens is 294 g/mol. The van der Waals surface area contributed by atoms with Gasteiger partial charge in [0.05, 0.1) is 5.69 Å². The first kappa shape index (κ1) is 16.0. The Bertz CT molecular complexity index is 645. The van der Waals surface area contributed by atoms with Crippen molar-refractivity contribution >= 4 is 5.97 Å². The van der Waals surface area contributed by atoms with Crippen LogP contribution in [0, 0.1) is 0 Å². The summed E-state index contributed by atoms with van der Waals surface area (Å²) in [5.41, 5.74) is 0.233. The smallest absolute Gasteiger partial charge is 0.280 e. The number of halogens is 2. The van der Waals surface area contributed by atoms with Crippen LogP contribution in [0.15, 0.2) is 30.6 Å². The van der Waals surface area contributed by atoms with Gasteiger partial charge < -0.3 is 19.8 Å². The molecule has 0 aliphatic heterocycles. The van der Waals surface area contributed by atoms with Gasteiger partial charge >= 0.3 is 0 Å². The maximum absolute atomic E-state index is 12.6. The van der Waals surface area contributed by atoms with Gasteiger partial charge in [-0.2, -0.15) is 0 Å². The Balaban J connectivity index is 1.92. The molecule has 8 heteroatoms. The number of carbonyl (C=O) groups is 1. The number of alkyl halides is 2. The second kappa shape index (κ2) is 7.08. The minimum Gasteiger partial charge on any atom is -0.542 e. The number of carbonyl (C=O) groups excluding carboxylic acids is 1. The normalized spacial score (nSPS) is 12.5. The van der Waals surface area contributed by atoms with Crippen molar-refractivity contribution in [1.82, 2.24) is 19.9 Å². The van der Waals surface area contributed by atoms with E-state index >= 15 is 0 Å². The van der Waals surface area contributed by atoms with Crippen LogP contribution in [-0.4, -0.2) is 26.5 Å². The lowest BCUT2D eigenvalue weighted by Crippen LogP contribution is -2.33. The summed E-state index contributed by atoms with van der Waals surface area (Å²) >= 11 is 0. The SMILES string of the molecule is CC(Cn1ccnc1C(=O)[O-])NCc1cccc(C(F)F)n1. The molecule has 22 heavy (non-hydrogen) atoms. The number of hydrogen-bond acceptors (Lipinski definition) is 5. The van der Waals surface area contributed by atoms with E-state index in [1.54, 1.807) is 12.3 Å². The summed E-state index contributed by atoms with van der Waals surface area (Å²) in [4.78, 5) is 18.4. The molecule has 2 aromatic rings. The standard InChI is InChI=1S/C14H16F2N4O2/c1-9(8-20-6-5-17-13(20)14(21)22)18-7-10-3-2-4-11(19-10)12(15)16/h2-6,9,12,18H,7-8H2,1H3,(H,21,22)/p-1. The molecule has 0 aromatic carbocycles. The van der Waals surface area contributed by atoms with Crippen molar-refractivity contribution in [3.63, 3.8) is 0 Å². The molecule has 0 radical (unpaired) electrons. The predicted octanol–water partition coefficient (Wildman–Crippen LogP) is 0.758. The van der Waals surface area contributed by atoms with E-state index in [0.29, 0.717) is 18.8 Å². The number of hydrogen-bond donors (Lipinski definition) is 1. The van der Waals surface area contributed by atoms with E-state index in [2.05, 4.69) is 15.3 Å². The Morgan fingerprint density at radius 2 is 2.23 bits per heavy atom. The van der Waals surface area contributed by atoms with Crippen molar-refractivity contribution < 1.29 is 18.7 Å². The van der Waals surface area contributed by atoms with Crippen LogP contribution in [0.3, 0.4) is 0 Å². The van der Waals surface area contributed by atoms with E-state index < -0.39 is 12.4 Å². The lowest BCUT2D eigenvalue weighted by molar-refractivity contribution is -0.256. The summed E-state index contributed by atoms with van der Waals surface area (Å²) in [6.45, 7) is 2.50. The molecule has 0 saturated heterocycles. The first-order valence-corrected chi connectivity index (χ1v) is 6.67. The zero-order valence-corrected chi connectivity index (χ0v) is 11.9. The largest absolute Gasteiger partial charge is 0.542 e. The van der Waals surface area contributed by atoms with Crippen LogP contribution in [0.1, 0.15) is 35.4 Å². The van der Waals surface area contributed by atoms with Gasteiger partial charge in [0.2, 0.25) is 0 Å². The van der Waals surface area contributed by atoms with E-state index in [9.17, 15) is 18.7 Å².